The highest BCUT2D eigenvalue weighted by Crippen LogP contribution is 2.12. The summed E-state index contributed by atoms with van der Waals surface area (Å²) in [5, 5.41) is 0. The molecule has 0 aliphatic heterocycles. The third-order valence-corrected chi connectivity index (χ3v) is 4.97. The zero-order valence-electron chi connectivity index (χ0n) is 11.2. The van der Waals surface area contributed by atoms with E-state index < -0.39 is 32.4 Å². The Morgan fingerprint density at radius 1 is 0.778 bits per heavy atom. The molecule has 8 heteroatoms. The van der Waals surface area contributed by atoms with Gasteiger partial charge in [-0.2, -0.15) is 16.8 Å². The lowest BCUT2D eigenvalue weighted by molar-refractivity contribution is 0.168. The third kappa shape index (κ3) is 8.02. The molecule has 0 N–H and O–H groups in total. The summed E-state index contributed by atoms with van der Waals surface area (Å²) < 4.78 is 54.4. The Morgan fingerprint density at radius 3 is 1.28 bits per heavy atom. The lowest BCUT2D eigenvalue weighted by Gasteiger charge is -2.15. The Kier molecular flexibility index (Phi) is 7.34. The van der Waals surface area contributed by atoms with E-state index in [1.54, 1.807) is 13.8 Å². The van der Waals surface area contributed by atoms with Crippen molar-refractivity contribution in [2.45, 2.75) is 52.7 Å². The van der Waals surface area contributed by atoms with Crippen LogP contribution in [-0.4, -0.2) is 40.5 Å². The summed E-state index contributed by atoms with van der Waals surface area (Å²) in [6.45, 7) is 6.27. The van der Waals surface area contributed by atoms with Gasteiger partial charge in [-0.1, -0.05) is 0 Å². The normalized spacial score (nSPS) is 16.4. The molecule has 0 saturated heterocycles. The predicted molar refractivity (Wildman–Crippen MR) is 69.2 cm³/mol. The standard InChI is InChI=1S/C10H22O6S2/c1-5-17(11,12)15-9(3)7-8-10(4)16-18(13,14)6-2/h9-10H,5-8H2,1-4H3. The molecule has 0 aliphatic rings. The highest BCUT2D eigenvalue weighted by molar-refractivity contribution is 7.86. The van der Waals surface area contributed by atoms with Gasteiger partial charge in [0.05, 0.1) is 23.7 Å². The van der Waals surface area contributed by atoms with Gasteiger partial charge in [-0.25, -0.2) is 0 Å². The minimum atomic E-state index is -3.47. The smallest absolute Gasteiger partial charge is 0.267 e. The maximum Gasteiger partial charge on any atom is 0.267 e. The summed E-state index contributed by atoms with van der Waals surface area (Å²) in [4.78, 5) is 0. The van der Waals surface area contributed by atoms with Gasteiger partial charge in [-0.15, -0.1) is 0 Å². The first-order valence-electron chi connectivity index (χ1n) is 5.93. The molecule has 0 saturated carbocycles. The quantitative estimate of drug-likeness (QED) is 0.596. The van der Waals surface area contributed by atoms with Crippen LogP contribution >= 0.6 is 0 Å². The van der Waals surface area contributed by atoms with Crippen molar-refractivity contribution in [2.24, 2.45) is 0 Å². The molecule has 0 bridgehead atoms. The van der Waals surface area contributed by atoms with Gasteiger partial charge in [0.2, 0.25) is 0 Å². The second kappa shape index (κ2) is 7.42. The Hall–Kier alpha value is -0.180. The summed E-state index contributed by atoms with van der Waals surface area (Å²) in [6, 6.07) is 0. The van der Waals surface area contributed by atoms with E-state index >= 15 is 0 Å². The predicted octanol–water partition coefficient (Wildman–Crippen LogP) is 1.28. The Labute approximate surface area is 110 Å². The maximum absolute atomic E-state index is 11.2. The maximum atomic E-state index is 11.2. The molecule has 0 aromatic heterocycles. The first kappa shape index (κ1) is 17.8. The van der Waals surface area contributed by atoms with Gasteiger partial charge in [-0.3, -0.25) is 8.37 Å². The van der Waals surface area contributed by atoms with Crippen LogP contribution in [-0.2, 0) is 28.6 Å². The largest absolute Gasteiger partial charge is 0.267 e. The van der Waals surface area contributed by atoms with E-state index in [0.29, 0.717) is 12.8 Å². The molecular formula is C10H22O6S2. The SMILES string of the molecule is CCS(=O)(=O)OC(C)CCC(C)OS(=O)(=O)CC. The van der Waals surface area contributed by atoms with Crippen LogP contribution in [0.4, 0.5) is 0 Å². The number of hydrogen-bond acceptors (Lipinski definition) is 6. The van der Waals surface area contributed by atoms with Gasteiger partial charge in [0, 0.05) is 0 Å². The molecule has 0 amide bonds. The van der Waals surface area contributed by atoms with Crippen LogP contribution in [0.15, 0.2) is 0 Å². The van der Waals surface area contributed by atoms with Gasteiger partial charge in [-0.05, 0) is 40.5 Å². The van der Waals surface area contributed by atoms with Crippen molar-refractivity contribution in [2.75, 3.05) is 11.5 Å². The molecule has 18 heavy (non-hydrogen) atoms. The minimum absolute atomic E-state index is 0.0758. The Morgan fingerprint density at radius 2 is 1.06 bits per heavy atom. The summed E-state index contributed by atoms with van der Waals surface area (Å²) in [6.07, 6.45) is -0.130. The van der Waals surface area contributed by atoms with Crippen molar-refractivity contribution in [1.82, 2.24) is 0 Å². The number of hydrogen-bond donors (Lipinski definition) is 0. The molecule has 0 radical (unpaired) electrons. The van der Waals surface area contributed by atoms with E-state index in [9.17, 15) is 16.8 Å². The number of rotatable bonds is 9. The fraction of sp³-hybridized carbons (Fsp3) is 1.00. The molecule has 0 aromatic carbocycles. The van der Waals surface area contributed by atoms with Crippen molar-refractivity contribution in [3.05, 3.63) is 0 Å². The minimum Gasteiger partial charge on any atom is -0.267 e. The highest BCUT2D eigenvalue weighted by Gasteiger charge is 2.17. The molecule has 0 fully saturated rings. The first-order chi connectivity index (χ1) is 8.12. The molecule has 0 heterocycles. The monoisotopic (exact) mass is 302 g/mol. The average molecular weight is 302 g/mol. The lowest BCUT2D eigenvalue weighted by Crippen LogP contribution is -2.21. The molecule has 110 valence electrons. The van der Waals surface area contributed by atoms with E-state index in [2.05, 4.69) is 0 Å². The van der Waals surface area contributed by atoms with E-state index in [1.165, 1.54) is 13.8 Å². The fourth-order valence-electron chi connectivity index (χ4n) is 1.20. The van der Waals surface area contributed by atoms with Crippen molar-refractivity contribution in [1.29, 1.82) is 0 Å². The first-order valence-corrected chi connectivity index (χ1v) is 9.09. The third-order valence-electron chi connectivity index (χ3n) is 2.31. The molecule has 0 aromatic rings. The average Bonchev–Trinajstić information content (AvgIpc) is 2.25. The molecule has 6 nitrogen and oxygen atoms in total. The van der Waals surface area contributed by atoms with Crippen LogP contribution in [0, 0.1) is 0 Å². The van der Waals surface area contributed by atoms with Gasteiger partial charge in [0.15, 0.2) is 0 Å². The van der Waals surface area contributed by atoms with E-state index in [4.69, 9.17) is 8.37 Å². The topological polar surface area (TPSA) is 86.7 Å². The second-order valence-corrected chi connectivity index (χ2v) is 7.85. The van der Waals surface area contributed by atoms with Gasteiger partial charge in [0.25, 0.3) is 20.2 Å². The molecule has 0 rings (SSSR count). The summed E-state index contributed by atoms with van der Waals surface area (Å²) in [7, 11) is -6.93. The Bertz CT molecular complexity index is 383. The van der Waals surface area contributed by atoms with Crippen molar-refractivity contribution >= 4 is 20.2 Å². The van der Waals surface area contributed by atoms with Crippen molar-refractivity contribution in [3.63, 3.8) is 0 Å². The zero-order chi connectivity index (χ0) is 14.4. The summed E-state index contributed by atoms with van der Waals surface area (Å²) in [5.74, 6) is -0.152. The molecule has 0 spiro atoms. The van der Waals surface area contributed by atoms with Crippen LogP contribution in [0.1, 0.15) is 40.5 Å². The summed E-state index contributed by atoms with van der Waals surface area (Å²) in [5.41, 5.74) is 0. The van der Waals surface area contributed by atoms with Crippen LogP contribution in [0.25, 0.3) is 0 Å². The van der Waals surface area contributed by atoms with Crippen LogP contribution in [0.3, 0.4) is 0 Å². The highest BCUT2D eigenvalue weighted by atomic mass is 32.2. The second-order valence-electron chi connectivity index (χ2n) is 4.08. The fourth-order valence-corrected chi connectivity index (χ4v) is 2.67. The molecule has 0 aliphatic carbocycles. The summed E-state index contributed by atoms with van der Waals surface area (Å²) >= 11 is 0. The van der Waals surface area contributed by atoms with E-state index in [0.717, 1.165) is 0 Å². The van der Waals surface area contributed by atoms with Crippen LogP contribution in [0.2, 0.25) is 0 Å². The molecule has 2 atom stereocenters. The van der Waals surface area contributed by atoms with Crippen molar-refractivity contribution in [3.8, 4) is 0 Å². The van der Waals surface area contributed by atoms with Gasteiger partial charge in [0.1, 0.15) is 0 Å². The van der Waals surface area contributed by atoms with Crippen LogP contribution < -0.4 is 0 Å². The zero-order valence-corrected chi connectivity index (χ0v) is 12.9. The van der Waals surface area contributed by atoms with Crippen LogP contribution in [0.5, 0.6) is 0 Å². The van der Waals surface area contributed by atoms with E-state index in [-0.39, 0.29) is 11.5 Å². The van der Waals surface area contributed by atoms with E-state index in [1.807, 2.05) is 0 Å². The Balaban J connectivity index is 4.11. The molecular weight excluding hydrogens is 280 g/mol. The van der Waals surface area contributed by atoms with Gasteiger partial charge >= 0.3 is 0 Å². The van der Waals surface area contributed by atoms with Gasteiger partial charge < -0.3 is 0 Å². The molecule has 2 unspecified atom stereocenters. The van der Waals surface area contributed by atoms with Crippen molar-refractivity contribution < 1.29 is 25.2 Å². The lowest BCUT2D eigenvalue weighted by atomic mass is 10.1.